The fourth-order valence-corrected chi connectivity index (χ4v) is 2.02. The highest BCUT2D eigenvalue weighted by molar-refractivity contribution is 5.81. The standard InChI is InChI=1S/C17H15NO/c1-18-15-9-6-13(7-10-15)8-11-16-12-14-4-2-3-5-17(14)19-16/h2-12,18H,1H3/b11-8+. The summed E-state index contributed by atoms with van der Waals surface area (Å²) in [6, 6.07) is 18.3. The molecule has 0 radical (unpaired) electrons. The Morgan fingerprint density at radius 1 is 0.947 bits per heavy atom. The van der Waals surface area contributed by atoms with Crippen LogP contribution in [0.3, 0.4) is 0 Å². The number of furan rings is 1. The molecule has 0 saturated carbocycles. The van der Waals surface area contributed by atoms with Gasteiger partial charge in [0.05, 0.1) is 0 Å². The van der Waals surface area contributed by atoms with E-state index in [1.165, 1.54) is 0 Å². The molecule has 0 atom stereocenters. The molecule has 3 rings (SSSR count). The van der Waals surface area contributed by atoms with Gasteiger partial charge in [-0.15, -0.1) is 0 Å². The van der Waals surface area contributed by atoms with Crippen molar-refractivity contribution in [3.05, 3.63) is 65.9 Å². The number of hydrogen-bond acceptors (Lipinski definition) is 2. The number of benzene rings is 2. The van der Waals surface area contributed by atoms with E-state index in [-0.39, 0.29) is 0 Å². The maximum absolute atomic E-state index is 5.74. The highest BCUT2D eigenvalue weighted by Crippen LogP contribution is 2.20. The Morgan fingerprint density at radius 3 is 2.47 bits per heavy atom. The molecule has 0 bridgehead atoms. The summed E-state index contributed by atoms with van der Waals surface area (Å²) in [7, 11) is 1.92. The van der Waals surface area contributed by atoms with Gasteiger partial charge in [-0.2, -0.15) is 0 Å². The van der Waals surface area contributed by atoms with E-state index in [2.05, 4.69) is 41.7 Å². The third-order valence-corrected chi connectivity index (χ3v) is 3.08. The largest absolute Gasteiger partial charge is 0.457 e. The molecule has 0 amide bonds. The highest BCUT2D eigenvalue weighted by Gasteiger charge is 1.99. The first-order chi connectivity index (χ1) is 9.35. The van der Waals surface area contributed by atoms with Crippen LogP contribution in [0.25, 0.3) is 23.1 Å². The van der Waals surface area contributed by atoms with E-state index in [0.717, 1.165) is 28.0 Å². The van der Waals surface area contributed by atoms with Gasteiger partial charge in [0, 0.05) is 18.1 Å². The zero-order valence-electron chi connectivity index (χ0n) is 10.8. The molecule has 1 heterocycles. The van der Waals surface area contributed by atoms with E-state index >= 15 is 0 Å². The first-order valence-corrected chi connectivity index (χ1v) is 6.29. The lowest BCUT2D eigenvalue weighted by molar-refractivity contribution is 0.604. The van der Waals surface area contributed by atoms with Crippen LogP contribution in [0.2, 0.25) is 0 Å². The third kappa shape index (κ3) is 2.52. The van der Waals surface area contributed by atoms with Gasteiger partial charge in [0.2, 0.25) is 0 Å². The average molecular weight is 249 g/mol. The van der Waals surface area contributed by atoms with Crippen molar-refractivity contribution in [2.24, 2.45) is 0 Å². The molecular weight excluding hydrogens is 234 g/mol. The van der Waals surface area contributed by atoms with Gasteiger partial charge in [-0.3, -0.25) is 0 Å². The van der Waals surface area contributed by atoms with E-state index in [1.54, 1.807) is 0 Å². The summed E-state index contributed by atoms with van der Waals surface area (Å²) in [5.74, 6) is 0.874. The van der Waals surface area contributed by atoms with Gasteiger partial charge in [0.15, 0.2) is 0 Å². The minimum atomic E-state index is 0.874. The number of fused-ring (bicyclic) bond motifs is 1. The van der Waals surface area contributed by atoms with Crippen molar-refractivity contribution in [2.45, 2.75) is 0 Å². The summed E-state index contributed by atoms with van der Waals surface area (Å²) in [5, 5.41) is 4.24. The van der Waals surface area contributed by atoms with Gasteiger partial charge in [-0.05, 0) is 35.9 Å². The van der Waals surface area contributed by atoms with Crippen molar-refractivity contribution in [2.75, 3.05) is 12.4 Å². The number of rotatable bonds is 3. The van der Waals surface area contributed by atoms with Gasteiger partial charge < -0.3 is 9.73 Å². The smallest absolute Gasteiger partial charge is 0.134 e. The topological polar surface area (TPSA) is 25.2 Å². The number of hydrogen-bond donors (Lipinski definition) is 1. The van der Waals surface area contributed by atoms with Crippen molar-refractivity contribution in [3.63, 3.8) is 0 Å². The van der Waals surface area contributed by atoms with Crippen LogP contribution in [-0.2, 0) is 0 Å². The second-order valence-electron chi connectivity index (χ2n) is 4.39. The minimum absolute atomic E-state index is 0.874. The Kier molecular flexibility index (Phi) is 3.07. The highest BCUT2D eigenvalue weighted by atomic mass is 16.3. The van der Waals surface area contributed by atoms with Crippen molar-refractivity contribution in [1.29, 1.82) is 0 Å². The van der Waals surface area contributed by atoms with Crippen LogP contribution < -0.4 is 5.32 Å². The molecular formula is C17H15NO. The lowest BCUT2D eigenvalue weighted by atomic mass is 10.2. The molecule has 0 aliphatic carbocycles. The molecule has 2 aromatic carbocycles. The SMILES string of the molecule is CNc1ccc(/C=C/c2cc3ccccc3o2)cc1. The van der Waals surface area contributed by atoms with Gasteiger partial charge in [-0.25, -0.2) is 0 Å². The maximum atomic E-state index is 5.74. The molecule has 3 aromatic rings. The molecule has 94 valence electrons. The molecule has 0 aliphatic rings. The third-order valence-electron chi connectivity index (χ3n) is 3.08. The van der Waals surface area contributed by atoms with Gasteiger partial charge in [0.25, 0.3) is 0 Å². The van der Waals surface area contributed by atoms with E-state index in [0.29, 0.717) is 0 Å². The van der Waals surface area contributed by atoms with Crippen molar-refractivity contribution >= 4 is 28.8 Å². The van der Waals surface area contributed by atoms with E-state index in [1.807, 2.05) is 37.4 Å². The Labute approximate surface area is 112 Å². The van der Waals surface area contributed by atoms with Crippen LogP contribution >= 0.6 is 0 Å². The second kappa shape index (κ2) is 5.02. The molecule has 1 N–H and O–H groups in total. The molecule has 0 spiro atoms. The average Bonchev–Trinajstić information content (AvgIpc) is 2.88. The van der Waals surface area contributed by atoms with Crippen molar-refractivity contribution < 1.29 is 4.42 Å². The Morgan fingerprint density at radius 2 is 1.74 bits per heavy atom. The van der Waals surface area contributed by atoms with Crippen molar-refractivity contribution in [1.82, 2.24) is 0 Å². The van der Waals surface area contributed by atoms with Crippen molar-refractivity contribution in [3.8, 4) is 0 Å². The molecule has 0 fully saturated rings. The molecule has 1 aromatic heterocycles. The van der Waals surface area contributed by atoms with E-state index in [9.17, 15) is 0 Å². The van der Waals surface area contributed by atoms with E-state index in [4.69, 9.17) is 4.42 Å². The molecule has 0 saturated heterocycles. The fourth-order valence-electron chi connectivity index (χ4n) is 2.02. The quantitative estimate of drug-likeness (QED) is 0.731. The molecule has 0 unspecified atom stereocenters. The lowest BCUT2D eigenvalue weighted by Gasteiger charge is -1.98. The monoisotopic (exact) mass is 249 g/mol. The summed E-state index contributed by atoms with van der Waals surface area (Å²) in [6.45, 7) is 0. The summed E-state index contributed by atoms with van der Waals surface area (Å²) in [4.78, 5) is 0. The summed E-state index contributed by atoms with van der Waals surface area (Å²) >= 11 is 0. The molecule has 2 nitrogen and oxygen atoms in total. The van der Waals surface area contributed by atoms with Crippen LogP contribution in [-0.4, -0.2) is 7.05 Å². The maximum Gasteiger partial charge on any atom is 0.134 e. The summed E-state index contributed by atoms with van der Waals surface area (Å²) < 4.78 is 5.74. The first kappa shape index (κ1) is 11.6. The lowest BCUT2D eigenvalue weighted by Crippen LogP contribution is -1.86. The van der Waals surface area contributed by atoms with Gasteiger partial charge in [0.1, 0.15) is 11.3 Å². The number of anilines is 1. The van der Waals surface area contributed by atoms with Gasteiger partial charge >= 0.3 is 0 Å². The predicted octanol–water partition coefficient (Wildman–Crippen LogP) is 4.64. The summed E-state index contributed by atoms with van der Waals surface area (Å²) in [5.41, 5.74) is 3.19. The Hall–Kier alpha value is -2.48. The number of nitrogens with one attached hydrogen (secondary N) is 1. The first-order valence-electron chi connectivity index (χ1n) is 6.29. The predicted molar refractivity (Wildman–Crippen MR) is 81.1 cm³/mol. The Bertz CT molecular complexity index is 674. The molecule has 19 heavy (non-hydrogen) atoms. The van der Waals surface area contributed by atoms with E-state index < -0.39 is 0 Å². The van der Waals surface area contributed by atoms with Crippen LogP contribution in [0, 0.1) is 0 Å². The second-order valence-corrected chi connectivity index (χ2v) is 4.39. The molecule has 0 aliphatic heterocycles. The van der Waals surface area contributed by atoms with Crippen LogP contribution in [0.5, 0.6) is 0 Å². The zero-order valence-corrected chi connectivity index (χ0v) is 10.8. The van der Waals surface area contributed by atoms with Gasteiger partial charge in [-0.1, -0.05) is 36.4 Å². The Balaban J connectivity index is 1.84. The molecule has 2 heteroatoms. The van der Waals surface area contributed by atoms with Crippen LogP contribution in [0.1, 0.15) is 11.3 Å². The number of para-hydroxylation sites is 1. The minimum Gasteiger partial charge on any atom is -0.457 e. The summed E-state index contributed by atoms with van der Waals surface area (Å²) in [6.07, 6.45) is 4.05. The zero-order chi connectivity index (χ0) is 13.1. The van der Waals surface area contributed by atoms with Crippen LogP contribution in [0.15, 0.2) is 59.0 Å². The fraction of sp³-hybridized carbons (Fsp3) is 0.0588. The normalized spacial score (nSPS) is 11.2. The van der Waals surface area contributed by atoms with Crippen LogP contribution in [0.4, 0.5) is 5.69 Å².